The number of aryl methyl sites for hydroxylation is 1. The maximum absolute atomic E-state index is 12.1. The summed E-state index contributed by atoms with van der Waals surface area (Å²) >= 11 is 0. The van der Waals surface area contributed by atoms with Crippen LogP contribution in [-0.4, -0.2) is 31.5 Å². The number of carbonyl (C=O) groups excluding carboxylic acids is 2. The fraction of sp³-hybridized carbons (Fsp3) is 0.667. The molecule has 0 spiro atoms. The second-order valence-corrected chi connectivity index (χ2v) is 9.28. The lowest BCUT2D eigenvalue weighted by molar-refractivity contribution is -0.124. The van der Waals surface area contributed by atoms with Gasteiger partial charge in [-0.15, -0.1) is 0 Å². The fourth-order valence-corrected chi connectivity index (χ4v) is 3.85. The molecule has 0 aliphatic heterocycles. The number of benzene rings is 1. The molecule has 162 valence electrons. The maximum Gasteiger partial charge on any atom is 0.258 e. The monoisotopic (exact) mass is 402 g/mol. The van der Waals surface area contributed by atoms with Crippen LogP contribution in [-0.2, 0) is 15.0 Å². The Morgan fingerprint density at radius 1 is 1.03 bits per heavy atom. The van der Waals surface area contributed by atoms with Crippen LogP contribution in [0.15, 0.2) is 18.2 Å². The van der Waals surface area contributed by atoms with Crippen molar-refractivity contribution in [1.82, 2.24) is 10.6 Å². The Morgan fingerprint density at radius 3 is 2.34 bits per heavy atom. The summed E-state index contributed by atoms with van der Waals surface area (Å²) in [5.41, 5.74) is 2.21. The molecule has 2 rings (SSSR count). The van der Waals surface area contributed by atoms with Gasteiger partial charge in [-0.25, -0.2) is 0 Å². The van der Waals surface area contributed by atoms with E-state index >= 15 is 0 Å². The van der Waals surface area contributed by atoms with E-state index in [9.17, 15) is 9.59 Å². The van der Waals surface area contributed by atoms with E-state index in [1.807, 2.05) is 12.1 Å². The number of nitrogens with one attached hydrogen (secondary N) is 2. The van der Waals surface area contributed by atoms with Gasteiger partial charge in [-0.2, -0.15) is 0 Å². The van der Waals surface area contributed by atoms with Gasteiger partial charge in [0.25, 0.3) is 5.91 Å². The van der Waals surface area contributed by atoms with Crippen LogP contribution in [0, 0.1) is 12.8 Å². The fourth-order valence-electron chi connectivity index (χ4n) is 3.85. The summed E-state index contributed by atoms with van der Waals surface area (Å²) in [6.45, 7) is 9.28. The molecule has 0 saturated heterocycles. The van der Waals surface area contributed by atoms with Gasteiger partial charge in [0.05, 0.1) is 0 Å². The first-order valence-electron chi connectivity index (χ1n) is 11.0. The average molecular weight is 403 g/mol. The summed E-state index contributed by atoms with van der Waals surface area (Å²) in [4.78, 5) is 24.0. The molecule has 0 unspecified atom stereocenters. The molecule has 0 aromatic heterocycles. The molecule has 5 nitrogen and oxygen atoms in total. The summed E-state index contributed by atoms with van der Waals surface area (Å²) in [5.74, 6) is 1.36. The highest BCUT2D eigenvalue weighted by Crippen LogP contribution is 2.32. The standard InChI is InChI=1S/C24H38N2O3/c1-18-10-12-21(20(16-18)24(2,3)4)29-17-23(28)26-15-14-25-22(27)13-11-19-8-6-5-7-9-19/h10,12,16,19H,5-9,11,13-15,17H2,1-4H3,(H,25,27)(H,26,28). The van der Waals surface area contributed by atoms with Gasteiger partial charge in [0.1, 0.15) is 5.75 Å². The predicted molar refractivity (Wildman–Crippen MR) is 117 cm³/mol. The zero-order valence-corrected chi connectivity index (χ0v) is 18.6. The molecule has 0 radical (unpaired) electrons. The Kier molecular flexibility index (Phi) is 8.99. The zero-order valence-electron chi connectivity index (χ0n) is 18.6. The van der Waals surface area contributed by atoms with Crippen molar-refractivity contribution in [3.63, 3.8) is 0 Å². The van der Waals surface area contributed by atoms with E-state index in [-0.39, 0.29) is 23.8 Å². The average Bonchev–Trinajstić information content (AvgIpc) is 2.69. The van der Waals surface area contributed by atoms with Crippen molar-refractivity contribution >= 4 is 11.8 Å². The minimum absolute atomic E-state index is 0.0260. The third kappa shape index (κ3) is 8.46. The topological polar surface area (TPSA) is 67.4 Å². The first-order chi connectivity index (χ1) is 13.8. The van der Waals surface area contributed by atoms with E-state index in [2.05, 4.69) is 44.4 Å². The normalized spacial score (nSPS) is 15.0. The van der Waals surface area contributed by atoms with Crippen LogP contribution >= 0.6 is 0 Å². The second-order valence-electron chi connectivity index (χ2n) is 9.28. The summed E-state index contributed by atoms with van der Waals surface area (Å²) in [7, 11) is 0. The van der Waals surface area contributed by atoms with Crippen LogP contribution in [0.5, 0.6) is 5.75 Å². The van der Waals surface area contributed by atoms with Crippen molar-refractivity contribution < 1.29 is 14.3 Å². The summed E-state index contributed by atoms with van der Waals surface area (Å²) in [6, 6.07) is 6.02. The highest BCUT2D eigenvalue weighted by molar-refractivity contribution is 5.78. The van der Waals surface area contributed by atoms with Crippen LogP contribution < -0.4 is 15.4 Å². The lowest BCUT2D eigenvalue weighted by atomic mass is 9.85. The molecule has 2 amide bonds. The van der Waals surface area contributed by atoms with E-state index < -0.39 is 0 Å². The third-order valence-corrected chi connectivity index (χ3v) is 5.58. The molecule has 1 aromatic rings. The van der Waals surface area contributed by atoms with Gasteiger partial charge in [0.2, 0.25) is 5.91 Å². The number of carbonyl (C=O) groups is 2. The van der Waals surface area contributed by atoms with E-state index in [4.69, 9.17) is 4.74 Å². The highest BCUT2D eigenvalue weighted by Gasteiger charge is 2.19. The largest absolute Gasteiger partial charge is 0.483 e. The zero-order chi connectivity index (χ0) is 21.3. The molecule has 29 heavy (non-hydrogen) atoms. The molecule has 1 fully saturated rings. The Bertz CT molecular complexity index is 673. The van der Waals surface area contributed by atoms with Crippen molar-refractivity contribution in [2.45, 2.75) is 78.1 Å². The Labute approximate surface area is 176 Å². The molecule has 0 atom stereocenters. The maximum atomic E-state index is 12.1. The number of hydrogen-bond donors (Lipinski definition) is 2. The Hall–Kier alpha value is -2.04. The van der Waals surface area contributed by atoms with Gasteiger partial charge in [-0.3, -0.25) is 9.59 Å². The smallest absolute Gasteiger partial charge is 0.258 e. The van der Waals surface area contributed by atoms with Gasteiger partial charge < -0.3 is 15.4 Å². The molecule has 1 aromatic carbocycles. The molecule has 2 N–H and O–H groups in total. The third-order valence-electron chi connectivity index (χ3n) is 5.58. The molecule has 0 bridgehead atoms. The first kappa shape index (κ1) is 23.2. The molecule has 0 heterocycles. The van der Waals surface area contributed by atoms with E-state index in [0.717, 1.165) is 17.7 Å². The Balaban J connectivity index is 1.63. The van der Waals surface area contributed by atoms with Crippen molar-refractivity contribution in [3.8, 4) is 5.75 Å². The SMILES string of the molecule is Cc1ccc(OCC(=O)NCCNC(=O)CCC2CCCCC2)c(C(C)(C)C)c1. The minimum Gasteiger partial charge on any atom is -0.483 e. The van der Waals surface area contributed by atoms with Crippen LogP contribution in [0.4, 0.5) is 0 Å². The second kappa shape index (κ2) is 11.2. The molecule has 1 aliphatic carbocycles. The number of ether oxygens (including phenoxy) is 1. The van der Waals surface area contributed by atoms with E-state index in [0.29, 0.717) is 25.4 Å². The lowest BCUT2D eigenvalue weighted by Crippen LogP contribution is -2.37. The van der Waals surface area contributed by atoms with Crippen molar-refractivity contribution in [1.29, 1.82) is 0 Å². The number of rotatable bonds is 9. The van der Waals surface area contributed by atoms with Gasteiger partial charge >= 0.3 is 0 Å². The van der Waals surface area contributed by atoms with Crippen LogP contribution in [0.1, 0.15) is 76.8 Å². The Morgan fingerprint density at radius 2 is 1.69 bits per heavy atom. The van der Waals surface area contributed by atoms with Gasteiger partial charge in [-0.05, 0) is 36.3 Å². The number of amides is 2. The van der Waals surface area contributed by atoms with Crippen molar-refractivity contribution in [3.05, 3.63) is 29.3 Å². The van der Waals surface area contributed by atoms with Gasteiger partial charge in [-0.1, -0.05) is 70.6 Å². The van der Waals surface area contributed by atoms with Gasteiger partial charge in [0.15, 0.2) is 6.61 Å². The van der Waals surface area contributed by atoms with Crippen LogP contribution in [0.3, 0.4) is 0 Å². The predicted octanol–water partition coefficient (Wildman–Crippen LogP) is 4.26. The van der Waals surface area contributed by atoms with Crippen molar-refractivity contribution in [2.24, 2.45) is 5.92 Å². The quantitative estimate of drug-likeness (QED) is 0.606. The first-order valence-corrected chi connectivity index (χ1v) is 11.0. The highest BCUT2D eigenvalue weighted by atomic mass is 16.5. The minimum atomic E-state index is -0.179. The van der Waals surface area contributed by atoms with Gasteiger partial charge in [0, 0.05) is 19.5 Å². The molecule has 5 heteroatoms. The summed E-state index contributed by atoms with van der Waals surface area (Å²) in [5, 5.41) is 5.70. The lowest BCUT2D eigenvalue weighted by Gasteiger charge is -2.23. The van der Waals surface area contributed by atoms with Crippen molar-refractivity contribution in [2.75, 3.05) is 19.7 Å². The molecule has 1 aliphatic rings. The summed E-state index contributed by atoms with van der Waals surface area (Å²) < 4.78 is 5.76. The summed E-state index contributed by atoms with van der Waals surface area (Å²) in [6.07, 6.45) is 8.06. The number of hydrogen-bond acceptors (Lipinski definition) is 3. The van der Waals surface area contributed by atoms with E-state index in [1.165, 1.54) is 37.7 Å². The van der Waals surface area contributed by atoms with E-state index in [1.54, 1.807) is 0 Å². The molecular weight excluding hydrogens is 364 g/mol. The van der Waals surface area contributed by atoms with Crippen LogP contribution in [0.25, 0.3) is 0 Å². The molecular formula is C24H38N2O3. The molecule has 1 saturated carbocycles. The van der Waals surface area contributed by atoms with Crippen LogP contribution in [0.2, 0.25) is 0 Å².